The van der Waals surface area contributed by atoms with Crippen molar-refractivity contribution in [1.82, 2.24) is 5.32 Å². The molecule has 3 nitrogen and oxygen atoms in total. The number of hydrogen-bond acceptors (Lipinski definition) is 3. The van der Waals surface area contributed by atoms with Crippen molar-refractivity contribution in [2.45, 2.75) is 44.6 Å². The first-order valence-electron chi connectivity index (χ1n) is 7.78. The van der Waals surface area contributed by atoms with Gasteiger partial charge in [0.15, 0.2) is 0 Å². The van der Waals surface area contributed by atoms with Gasteiger partial charge in [-0.2, -0.15) is 0 Å². The number of halogens is 1. The maximum Gasteiger partial charge on any atom is 0.133 e. The Morgan fingerprint density at radius 2 is 1.81 bits per heavy atom. The second-order valence-corrected chi connectivity index (χ2v) is 6.66. The second kappa shape index (κ2) is 8.04. The average Bonchev–Trinajstić information content (AvgIpc) is 2.53. The van der Waals surface area contributed by atoms with Crippen molar-refractivity contribution in [2.24, 2.45) is 5.92 Å². The molecule has 1 aliphatic carbocycles. The molecule has 0 spiro atoms. The van der Waals surface area contributed by atoms with Gasteiger partial charge in [-0.05, 0) is 47.4 Å². The molecule has 118 valence electrons. The summed E-state index contributed by atoms with van der Waals surface area (Å²) in [5, 5.41) is 3.46. The van der Waals surface area contributed by atoms with Crippen molar-refractivity contribution in [3.05, 3.63) is 22.2 Å². The topological polar surface area (TPSA) is 30.5 Å². The minimum absolute atomic E-state index is 0.310. The smallest absolute Gasteiger partial charge is 0.133 e. The van der Waals surface area contributed by atoms with E-state index in [0.29, 0.717) is 6.04 Å². The summed E-state index contributed by atoms with van der Waals surface area (Å²) in [7, 11) is 5.46. The largest absolute Gasteiger partial charge is 0.496 e. The monoisotopic (exact) mass is 355 g/mol. The van der Waals surface area contributed by atoms with Crippen LogP contribution >= 0.6 is 15.9 Å². The van der Waals surface area contributed by atoms with Crippen LogP contribution in [-0.2, 0) is 0 Å². The predicted octanol–water partition coefficient (Wildman–Crippen LogP) is 4.70. The predicted molar refractivity (Wildman–Crippen MR) is 90.2 cm³/mol. The third kappa shape index (κ3) is 4.13. The summed E-state index contributed by atoms with van der Waals surface area (Å²) in [5.74, 6) is 2.59. The van der Waals surface area contributed by atoms with E-state index in [0.717, 1.165) is 28.3 Å². The van der Waals surface area contributed by atoms with Crippen molar-refractivity contribution < 1.29 is 9.47 Å². The van der Waals surface area contributed by atoms with Gasteiger partial charge in [0.1, 0.15) is 11.5 Å². The van der Waals surface area contributed by atoms with Crippen LogP contribution in [0.3, 0.4) is 0 Å². The van der Waals surface area contributed by atoms with Gasteiger partial charge in [0.05, 0.1) is 18.7 Å². The lowest BCUT2D eigenvalue weighted by atomic mass is 9.83. The van der Waals surface area contributed by atoms with E-state index < -0.39 is 0 Å². The van der Waals surface area contributed by atoms with E-state index in [1.54, 1.807) is 14.2 Å². The van der Waals surface area contributed by atoms with Gasteiger partial charge in [0.25, 0.3) is 0 Å². The van der Waals surface area contributed by atoms with Crippen LogP contribution in [0.2, 0.25) is 0 Å². The SMILES string of the molecule is CNC(CC1CCCCC1)c1cc(OC)c(Br)cc1OC. The molecule has 0 amide bonds. The van der Waals surface area contributed by atoms with Crippen molar-refractivity contribution in [3.8, 4) is 11.5 Å². The van der Waals surface area contributed by atoms with Crippen LogP contribution in [0, 0.1) is 5.92 Å². The maximum atomic E-state index is 5.57. The minimum Gasteiger partial charge on any atom is -0.496 e. The van der Waals surface area contributed by atoms with Crippen LogP contribution < -0.4 is 14.8 Å². The Balaban J connectivity index is 2.22. The highest BCUT2D eigenvalue weighted by Crippen LogP contribution is 2.39. The molecule has 1 saturated carbocycles. The Morgan fingerprint density at radius 3 is 2.38 bits per heavy atom. The molecule has 2 rings (SSSR count). The second-order valence-electron chi connectivity index (χ2n) is 5.81. The van der Waals surface area contributed by atoms with E-state index in [9.17, 15) is 0 Å². The Labute approximate surface area is 136 Å². The molecule has 0 aromatic heterocycles. The fourth-order valence-electron chi connectivity index (χ4n) is 3.31. The zero-order valence-corrected chi connectivity index (χ0v) is 14.8. The van der Waals surface area contributed by atoms with Gasteiger partial charge >= 0.3 is 0 Å². The van der Waals surface area contributed by atoms with E-state index in [-0.39, 0.29) is 0 Å². The molecule has 0 bridgehead atoms. The molecule has 0 aliphatic heterocycles. The Hall–Kier alpha value is -0.740. The van der Waals surface area contributed by atoms with Gasteiger partial charge in [-0.15, -0.1) is 0 Å². The van der Waals surface area contributed by atoms with Crippen molar-refractivity contribution in [2.75, 3.05) is 21.3 Å². The quantitative estimate of drug-likeness (QED) is 0.802. The summed E-state index contributed by atoms with van der Waals surface area (Å²) in [6.45, 7) is 0. The van der Waals surface area contributed by atoms with Gasteiger partial charge < -0.3 is 14.8 Å². The van der Waals surface area contributed by atoms with E-state index >= 15 is 0 Å². The van der Waals surface area contributed by atoms with Crippen LogP contribution in [0.1, 0.15) is 50.1 Å². The summed E-state index contributed by atoms with van der Waals surface area (Å²) in [5.41, 5.74) is 1.19. The van der Waals surface area contributed by atoms with E-state index in [1.807, 2.05) is 13.1 Å². The fourth-order valence-corrected chi connectivity index (χ4v) is 3.80. The summed E-state index contributed by atoms with van der Waals surface area (Å²) >= 11 is 3.53. The standard InChI is InChI=1S/C17H26BrNO2/c1-19-15(9-12-7-5-4-6-8-12)13-10-17(21-3)14(18)11-16(13)20-2/h10-12,15,19H,4-9H2,1-3H3. The number of rotatable bonds is 6. The molecule has 1 atom stereocenters. The molecule has 4 heteroatoms. The maximum absolute atomic E-state index is 5.57. The first-order valence-corrected chi connectivity index (χ1v) is 8.57. The average molecular weight is 356 g/mol. The van der Waals surface area contributed by atoms with Crippen molar-refractivity contribution in [1.29, 1.82) is 0 Å². The number of methoxy groups -OCH3 is 2. The van der Waals surface area contributed by atoms with Crippen LogP contribution in [0.4, 0.5) is 0 Å². The molecule has 0 radical (unpaired) electrons. The molecule has 1 unspecified atom stereocenters. The Bertz CT molecular complexity index is 458. The molecule has 1 aromatic carbocycles. The Kier molecular flexibility index (Phi) is 6.37. The minimum atomic E-state index is 0.310. The van der Waals surface area contributed by atoms with Crippen molar-refractivity contribution in [3.63, 3.8) is 0 Å². The number of hydrogen-bond donors (Lipinski definition) is 1. The zero-order chi connectivity index (χ0) is 15.2. The van der Waals surface area contributed by atoms with Crippen LogP contribution in [-0.4, -0.2) is 21.3 Å². The highest BCUT2D eigenvalue weighted by Gasteiger charge is 2.22. The number of nitrogens with one attached hydrogen (secondary N) is 1. The summed E-state index contributed by atoms with van der Waals surface area (Å²) < 4.78 is 11.9. The molecule has 0 heterocycles. The first-order chi connectivity index (χ1) is 10.2. The van der Waals surface area contributed by atoms with Crippen LogP contribution in [0.15, 0.2) is 16.6 Å². The molecule has 0 saturated heterocycles. The zero-order valence-electron chi connectivity index (χ0n) is 13.2. The molecule has 1 fully saturated rings. The third-order valence-electron chi connectivity index (χ3n) is 4.52. The summed E-state index contributed by atoms with van der Waals surface area (Å²) in [6.07, 6.45) is 8.03. The molecule has 1 aromatic rings. The summed E-state index contributed by atoms with van der Waals surface area (Å²) in [4.78, 5) is 0. The van der Waals surface area contributed by atoms with Gasteiger partial charge in [0.2, 0.25) is 0 Å². The highest BCUT2D eigenvalue weighted by atomic mass is 79.9. The van der Waals surface area contributed by atoms with Gasteiger partial charge in [-0.1, -0.05) is 32.1 Å². The van der Waals surface area contributed by atoms with E-state index in [2.05, 4.69) is 27.3 Å². The van der Waals surface area contributed by atoms with E-state index in [1.165, 1.54) is 37.7 Å². The third-order valence-corrected chi connectivity index (χ3v) is 5.14. The summed E-state index contributed by atoms with van der Waals surface area (Å²) in [6, 6.07) is 4.40. The number of ether oxygens (including phenoxy) is 2. The van der Waals surface area contributed by atoms with Gasteiger partial charge in [-0.25, -0.2) is 0 Å². The van der Waals surface area contributed by atoms with E-state index in [4.69, 9.17) is 9.47 Å². The molecular weight excluding hydrogens is 330 g/mol. The number of benzene rings is 1. The van der Waals surface area contributed by atoms with Crippen LogP contribution in [0.5, 0.6) is 11.5 Å². The Morgan fingerprint density at radius 1 is 1.14 bits per heavy atom. The molecular formula is C17H26BrNO2. The molecule has 1 aliphatic rings. The first kappa shape index (κ1) is 16.6. The lowest BCUT2D eigenvalue weighted by Crippen LogP contribution is -2.22. The van der Waals surface area contributed by atoms with Gasteiger partial charge in [-0.3, -0.25) is 0 Å². The molecule has 21 heavy (non-hydrogen) atoms. The van der Waals surface area contributed by atoms with Gasteiger partial charge in [0, 0.05) is 11.6 Å². The molecule has 1 N–H and O–H groups in total. The lowest BCUT2D eigenvalue weighted by Gasteiger charge is -2.28. The highest BCUT2D eigenvalue weighted by molar-refractivity contribution is 9.10. The van der Waals surface area contributed by atoms with Crippen LogP contribution in [0.25, 0.3) is 0 Å². The fraction of sp³-hybridized carbons (Fsp3) is 0.647. The lowest BCUT2D eigenvalue weighted by molar-refractivity contribution is 0.300. The van der Waals surface area contributed by atoms with Crippen molar-refractivity contribution >= 4 is 15.9 Å². The normalized spacial score (nSPS) is 17.5.